The van der Waals surface area contributed by atoms with Crippen LogP contribution in [0.4, 0.5) is 0 Å². The molecule has 1 aliphatic heterocycles. The lowest BCUT2D eigenvalue weighted by Gasteiger charge is -2.39. The van der Waals surface area contributed by atoms with E-state index >= 15 is 0 Å². The van der Waals surface area contributed by atoms with Crippen molar-refractivity contribution in [2.45, 2.75) is 6.04 Å². The average molecular weight is 284 g/mol. The number of halogens is 1. The third kappa shape index (κ3) is 3.00. The van der Waals surface area contributed by atoms with E-state index in [1.807, 2.05) is 7.05 Å². The van der Waals surface area contributed by atoms with E-state index in [0.717, 1.165) is 13.1 Å². The second kappa shape index (κ2) is 5.77. The van der Waals surface area contributed by atoms with Crippen molar-refractivity contribution in [3.63, 3.8) is 0 Å². The molecule has 1 aromatic rings. The molecule has 1 atom stereocenters. The summed E-state index contributed by atoms with van der Waals surface area (Å²) in [7, 11) is 2.01. The Balaban J connectivity index is 2.25. The molecule has 1 aliphatic rings. The first kappa shape index (κ1) is 14.1. The Bertz CT molecular complexity index is 481. The monoisotopic (exact) mass is 283 g/mol. The maximum Gasteiger partial charge on any atom is 0.255 e. The number of hydrogen-bond acceptors (Lipinski definition) is 4. The summed E-state index contributed by atoms with van der Waals surface area (Å²) in [6, 6.07) is 4.36. The van der Waals surface area contributed by atoms with Gasteiger partial charge in [0.05, 0.1) is 16.6 Å². The fourth-order valence-electron chi connectivity index (χ4n) is 2.31. The van der Waals surface area contributed by atoms with Crippen LogP contribution in [0.2, 0.25) is 5.02 Å². The van der Waals surface area contributed by atoms with Crippen molar-refractivity contribution < 1.29 is 9.90 Å². The van der Waals surface area contributed by atoms with Gasteiger partial charge in [0, 0.05) is 26.2 Å². The van der Waals surface area contributed by atoms with Crippen LogP contribution in [-0.4, -0.2) is 60.1 Å². The summed E-state index contributed by atoms with van der Waals surface area (Å²) in [4.78, 5) is 16.4. The van der Waals surface area contributed by atoms with Crippen LogP contribution in [0.1, 0.15) is 10.4 Å². The van der Waals surface area contributed by atoms with Gasteiger partial charge in [-0.25, -0.2) is 0 Å². The highest BCUT2D eigenvalue weighted by Crippen LogP contribution is 2.24. The van der Waals surface area contributed by atoms with E-state index in [-0.39, 0.29) is 17.7 Å². The van der Waals surface area contributed by atoms with E-state index in [1.54, 1.807) is 4.90 Å². The quantitative estimate of drug-likeness (QED) is 0.841. The number of likely N-dealkylation sites (N-methyl/N-ethyl adjacent to an activating group) is 1. The van der Waals surface area contributed by atoms with E-state index in [1.165, 1.54) is 18.2 Å². The molecular formula is C13H18ClN3O2. The van der Waals surface area contributed by atoms with Crippen molar-refractivity contribution in [1.82, 2.24) is 9.80 Å². The molecule has 3 N–H and O–H groups in total. The normalized spacial score (nSPS) is 20.6. The molecule has 1 amide bonds. The summed E-state index contributed by atoms with van der Waals surface area (Å²) < 4.78 is 0. The maximum atomic E-state index is 12.5. The lowest BCUT2D eigenvalue weighted by atomic mass is 10.1. The zero-order chi connectivity index (χ0) is 14.0. The van der Waals surface area contributed by atoms with Crippen LogP contribution in [0, 0.1) is 0 Å². The highest BCUT2D eigenvalue weighted by Gasteiger charge is 2.29. The molecule has 0 saturated carbocycles. The third-order valence-corrected chi connectivity index (χ3v) is 3.73. The van der Waals surface area contributed by atoms with Crippen LogP contribution in [0.15, 0.2) is 18.2 Å². The number of phenolic OH excluding ortho intramolecular Hbond substituents is 1. The summed E-state index contributed by atoms with van der Waals surface area (Å²) in [5, 5.41) is 9.83. The van der Waals surface area contributed by atoms with Crippen molar-refractivity contribution >= 4 is 17.5 Å². The Morgan fingerprint density at radius 2 is 2.26 bits per heavy atom. The van der Waals surface area contributed by atoms with Gasteiger partial charge < -0.3 is 20.6 Å². The zero-order valence-electron chi connectivity index (χ0n) is 10.8. The molecule has 1 saturated heterocycles. The van der Waals surface area contributed by atoms with Crippen LogP contribution >= 0.6 is 11.6 Å². The van der Waals surface area contributed by atoms with Gasteiger partial charge in [0.15, 0.2) is 0 Å². The van der Waals surface area contributed by atoms with Gasteiger partial charge in [0.1, 0.15) is 5.75 Å². The van der Waals surface area contributed by atoms with Gasteiger partial charge in [0.2, 0.25) is 0 Å². The summed E-state index contributed by atoms with van der Waals surface area (Å²) in [6.45, 7) is 2.58. The summed E-state index contributed by atoms with van der Waals surface area (Å²) in [6.07, 6.45) is 0. The predicted molar refractivity (Wildman–Crippen MR) is 74.5 cm³/mol. The zero-order valence-corrected chi connectivity index (χ0v) is 11.6. The Labute approximate surface area is 117 Å². The SMILES string of the molecule is CN1CCN(C(=O)c2cc(O)ccc2Cl)C(CN)C1. The van der Waals surface area contributed by atoms with Crippen LogP contribution in [0.25, 0.3) is 0 Å². The number of carbonyl (C=O) groups excluding carboxylic acids is 1. The fraction of sp³-hybridized carbons (Fsp3) is 0.462. The minimum Gasteiger partial charge on any atom is -0.508 e. The van der Waals surface area contributed by atoms with Gasteiger partial charge in [0.25, 0.3) is 5.91 Å². The number of hydrogen-bond donors (Lipinski definition) is 2. The topological polar surface area (TPSA) is 69.8 Å². The molecule has 0 aliphatic carbocycles. The molecular weight excluding hydrogens is 266 g/mol. The fourth-order valence-corrected chi connectivity index (χ4v) is 2.51. The summed E-state index contributed by atoms with van der Waals surface area (Å²) >= 11 is 6.03. The maximum absolute atomic E-state index is 12.5. The number of benzene rings is 1. The minimum absolute atomic E-state index is 0.0235. The first-order valence-corrected chi connectivity index (χ1v) is 6.59. The molecule has 2 rings (SSSR count). The van der Waals surface area contributed by atoms with Crippen molar-refractivity contribution in [2.75, 3.05) is 33.2 Å². The Kier molecular flexibility index (Phi) is 4.29. The molecule has 0 aromatic heterocycles. The van der Waals surface area contributed by atoms with Crippen molar-refractivity contribution in [2.24, 2.45) is 5.73 Å². The van der Waals surface area contributed by atoms with Crippen LogP contribution in [-0.2, 0) is 0 Å². The van der Waals surface area contributed by atoms with Crippen LogP contribution in [0.5, 0.6) is 5.75 Å². The predicted octanol–water partition coefficient (Wildman–Crippen LogP) is 0.761. The van der Waals surface area contributed by atoms with Crippen LogP contribution in [0.3, 0.4) is 0 Å². The summed E-state index contributed by atoms with van der Waals surface area (Å²) in [5.74, 6) is -0.143. The molecule has 5 nitrogen and oxygen atoms in total. The Morgan fingerprint density at radius 3 is 2.95 bits per heavy atom. The minimum atomic E-state index is -0.176. The van der Waals surface area contributed by atoms with Gasteiger partial charge >= 0.3 is 0 Å². The van der Waals surface area contributed by atoms with Crippen molar-refractivity contribution in [3.8, 4) is 5.75 Å². The van der Waals surface area contributed by atoms with E-state index in [0.29, 0.717) is 23.7 Å². The molecule has 6 heteroatoms. The third-order valence-electron chi connectivity index (χ3n) is 3.40. The van der Waals surface area contributed by atoms with E-state index in [4.69, 9.17) is 17.3 Å². The number of carbonyl (C=O) groups is 1. The molecule has 19 heavy (non-hydrogen) atoms. The Morgan fingerprint density at radius 1 is 1.53 bits per heavy atom. The average Bonchev–Trinajstić information content (AvgIpc) is 2.40. The van der Waals surface area contributed by atoms with Gasteiger partial charge in [-0.15, -0.1) is 0 Å². The number of rotatable bonds is 2. The van der Waals surface area contributed by atoms with Gasteiger partial charge in [-0.1, -0.05) is 11.6 Å². The molecule has 1 heterocycles. The first-order valence-electron chi connectivity index (χ1n) is 6.21. The van der Waals surface area contributed by atoms with Crippen LogP contribution < -0.4 is 5.73 Å². The lowest BCUT2D eigenvalue weighted by Crippen LogP contribution is -2.56. The molecule has 0 bridgehead atoms. The number of nitrogens with zero attached hydrogens (tertiary/aromatic N) is 2. The second-order valence-electron chi connectivity index (χ2n) is 4.81. The highest BCUT2D eigenvalue weighted by molar-refractivity contribution is 6.33. The molecule has 0 spiro atoms. The lowest BCUT2D eigenvalue weighted by molar-refractivity contribution is 0.0516. The van der Waals surface area contributed by atoms with E-state index in [9.17, 15) is 9.90 Å². The number of amides is 1. The number of phenols is 1. The molecule has 1 unspecified atom stereocenters. The molecule has 0 radical (unpaired) electrons. The molecule has 1 aromatic carbocycles. The standard InChI is InChI=1S/C13H18ClN3O2/c1-16-4-5-17(9(7-15)8-16)13(19)11-6-10(18)2-3-12(11)14/h2-3,6,9,18H,4-5,7-8,15H2,1H3. The van der Waals surface area contributed by atoms with Crippen molar-refractivity contribution in [1.29, 1.82) is 0 Å². The molecule has 1 fully saturated rings. The smallest absolute Gasteiger partial charge is 0.255 e. The number of aromatic hydroxyl groups is 1. The van der Waals surface area contributed by atoms with Crippen molar-refractivity contribution in [3.05, 3.63) is 28.8 Å². The summed E-state index contributed by atoms with van der Waals surface area (Å²) in [5.41, 5.74) is 6.06. The van der Waals surface area contributed by atoms with E-state index in [2.05, 4.69) is 4.90 Å². The molecule has 104 valence electrons. The van der Waals surface area contributed by atoms with Gasteiger partial charge in [-0.05, 0) is 25.2 Å². The second-order valence-corrected chi connectivity index (χ2v) is 5.22. The number of nitrogens with two attached hydrogens (primary N) is 1. The van der Waals surface area contributed by atoms with E-state index < -0.39 is 0 Å². The Hall–Kier alpha value is -1.30. The van der Waals surface area contributed by atoms with Gasteiger partial charge in [-0.2, -0.15) is 0 Å². The number of piperazine rings is 1. The largest absolute Gasteiger partial charge is 0.508 e. The first-order chi connectivity index (χ1) is 9.02. The highest BCUT2D eigenvalue weighted by atomic mass is 35.5. The van der Waals surface area contributed by atoms with Gasteiger partial charge in [-0.3, -0.25) is 4.79 Å².